The van der Waals surface area contributed by atoms with E-state index in [2.05, 4.69) is 106 Å². The Balaban J connectivity index is 0.00000180. The second-order valence-electron chi connectivity index (χ2n) is 6.32. The molecule has 0 saturated carbocycles. The van der Waals surface area contributed by atoms with Crippen molar-refractivity contribution in [3.63, 3.8) is 0 Å². The first-order chi connectivity index (χ1) is 12.9. The average molecular weight is 372 g/mol. The zero-order valence-corrected chi connectivity index (χ0v) is 15.3. The third-order valence-corrected chi connectivity index (χ3v) is 4.69. The number of benzene rings is 3. The Labute approximate surface area is 164 Å². The number of pyridine rings is 1. The SMILES string of the molecule is C1=C(c2ccccc2)N(c2ccccc2)Nc2c3ccccc3cc[n+]21.[Cl-]. The summed E-state index contributed by atoms with van der Waals surface area (Å²) in [7, 11) is 0. The lowest BCUT2D eigenvalue weighted by molar-refractivity contribution is -0.552. The summed E-state index contributed by atoms with van der Waals surface area (Å²) in [5.41, 5.74) is 7.00. The van der Waals surface area contributed by atoms with Gasteiger partial charge in [-0.3, -0.25) is 0 Å². The van der Waals surface area contributed by atoms with Crippen LogP contribution >= 0.6 is 0 Å². The number of halogens is 1. The van der Waals surface area contributed by atoms with Gasteiger partial charge in [0.2, 0.25) is 0 Å². The van der Waals surface area contributed by atoms with Crippen LogP contribution in [0.15, 0.2) is 97.2 Å². The van der Waals surface area contributed by atoms with E-state index in [0.717, 1.165) is 22.8 Å². The lowest BCUT2D eigenvalue weighted by atomic mass is 10.1. The molecule has 0 atom stereocenters. The number of aromatic nitrogens is 1. The molecule has 1 aliphatic rings. The van der Waals surface area contributed by atoms with E-state index in [1.165, 1.54) is 10.8 Å². The summed E-state index contributed by atoms with van der Waals surface area (Å²) in [5.74, 6) is 1.06. The Bertz CT molecular complexity index is 1110. The minimum atomic E-state index is 0. The summed E-state index contributed by atoms with van der Waals surface area (Å²) in [6.45, 7) is 0. The van der Waals surface area contributed by atoms with Crippen LogP contribution in [0.5, 0.6) is 0 Å². The Morgan fingerprint density at radius 1 is 0.704 bits per heavy atom. The van der Waals surface area contributed by atoms with Crippen molar-refractivity contribution in [2.75, 3.05) is 10.4 Å². The molecule has 0 aliphatic carbocycles. The van der Waals surface area contributed by atoms with Crippen LogP contribution in [0.1, 0.15) is 5.56 Å². The van der Waals surface area contributed by atoms with E-state index in [9.17, 15) is 0 Å². The number of rotatable bonds is 2. The molecule has 4 heteroatoms. The third kappa shape index (κ3) is 3.03. The predicted octanol–water partition coefficient (Wildman–Crippen LogP) is 1.93. The summed E-state index contributed by atoms with van der Waals surface area (Å²) in [6, 6.07) is 31.4. The smallest absolute Gasteiger partial charge is 0.310 e. The summed E-state index contributed by atoms with van der Waals surface area (Å²) >= 11 is 0. The Hall–Kier alpha value is -3.30. The van der Waals surface area contributed by atoms with E-state index in [-0.39, 0.29) is 12.4 Å². The monoisotopic (exact) mass is 371 g/mol. The predicted molar refractivity (Wildman–Crippen MR) is 107 cm³/mol. The maximum Gasteiger partial charge on any atom is 0.310 e. The molecule has 3 aromatic carbocycles. The summed E-state index contributed by atoms with van der Waals surface area (Å²) in [5, 5.41) is 4.56. The average Bonchev–Trinajstić information content (AvgIpc) is 2.74. The van der Waals surface area contributed by atoms with Gasteiger partial charge in [0.05, 0.1) is 17.3 Å². The molecular weight excluding hydrogens is 354 g/mol. The van der Waals surface area contributed by atoms with Gasteiger partial charge in [-0.05, 0) is 29.7 Å². The second-order valence-corrected chi connectivity index (χ2v) is 6.32. The van der Waals surface area contributed by atoms with Crippen LogP contribution in [-0.4, -0.2) is 0 Å². The van der Waals surface area contributed by atoms with Gasteiger partial charge >= 0.3 is 5.82 Å². The van der Waals surface area contributed by atoms with Crippen LogP contribution in [-0.2, 0) is 0 Å². The number of anilines is 2. The highest BCUT2D eigenvalue weighted by atomic mass is 35.5. The fourth-order valence-corrected chi connectivity index (χ4v) is 3.41. The molecule has 0 spiro atoms. The molecule has 132 valence electrons. The Kier molecular flexibility index (Phi) is 4.53. The van der Waals surface area contributed by atoms with Gasteiger partial charge in [-0.15, -0.1) is 0 Å². The second kappa shape index (κ2) is 7.14. The van der Waals surface area contributed by atoms with E-state index < -0.39 is 0 Å². The standard InChI is InChI=1S/C23H17N3.ClH/c1-3-10-19(11-4-1)22-17-25-16-15-18-9-7-8-14-21(18)23(25)24-26(22)20-12-5-2-6-13-20;/h1-17H;1H. The highest BCUT2D eigenvalue weighted by Gasteiger charge is 2.28. The molecule has 0 unspecified atom stereocenters. The van der Waals surface area contributed by atoms with Gasteiger partial charge in [-0.1, -0.05) is 66.7 Å². The van der Waals surface area contributed by atoms with Crippen LogP contribution in [0.2, 0.25) is 0 Å². The Morgan fingerprint density at radius 2 is 1.37 bits per heavy atom. The van der Waals surface area contributed by atoms with Gasteiger partial charge in [-0.25, -0.2) is 4.57 Å². The third-order valence-electron chi connectivity index (χ3n) is 4.69. The number of fused-ring (bicyclic) bond motifs is 3. The molecule has 1 aromatic heterocycles. The fraction of sp³-hybridized carbons (Fsp3) is 0. The van der Waals surface area contributed by atoms with Crippen molar-refractivity contribution in [3.8, 4) is 0 Å². The minimum absolute atomic E-state index is 0. The first kappa shape index (κ1) is 17.1. The van der Waals surface area contributed by atoms with Gasteiger partial charge in [0.1, 0.15) is 11.9 Å². The fourth-order valence-electron chi connectivity index (χ4n) is 3.41. The zero-order chi connectivity index (χ0) is 17.3. The number of nitrogens with zero attached hydrogens (tertiary/aromatic N) is 2. The minimum Gasteiger partial charge on any atom is -1.00 e. The van der Waals surface area contributed by atoms with Crippen LogP contribution < -0.4 is 27.4 Å². The number of para-hydroxylation sites is 1. The van der Waals surface area contributed by atoms with E-state index in [1.54, 1.807) is 0 Å². The van der Waals surface area contributed by atoms with Crippen molar-refractivity contribution in [2.45, 2.75) is 0 Å². The van der Waals surface area contributed by atoms with Gasteiger partial charge in [0, 0.05) is 5.56 Å². The molecule has 0 fully saturated rings. The molecule has 0 radical (unpaired) electrons. The van der Waals surface area contributed by atoms with Crippen molar-refractivity contribution < 1.29 is 17.0 Å². The van der Waals surface area contributed by atoms with Crippen molar-refractivity contribution >= 4 is 34.2 Å². The number of nitrogens with one attached hydrogen (secondary N) is 1. The van der Waals surface area contributed by atoms with Crippen molar-refractivity contribution in [1.82, 2.24) is 0 Å². The zero-order valence-electron chi connectivity index (χ0n) is 14.6. The normalized spacial score (nSPS) is 12.6. The molecule has 4 aromatic rings. The van der Waals surface area contributed by atoms with E-state index in [1.807, 2.05) is 12.1 Å². The molecule has 3 nitrogen and oxygen atoms in total. The molecule has 27 heavy (non-hydrogen) atoms. The highest BCUT2D eigenvalue weighted by Crippen LogP contribution is 2.31. The first-order valence-electron chi connectivity index (χ1n) is 8.72. The van der Waals surface area contributed by atoms with Gasteiger partial charge in [0.25, 0.3) is 0 Å². The lowest BCUT2D eigenvalue weighted by Crippen LogP contribution is -3.00. The number of hydrogen-bond acceptors (Lipinski definition) is 2. The van der Waals surface area contributed by atoms with Gasteiger partial charge in [-0.2, -0.15) is 10.4 Å². The lowest BCUT2D eigenvalue weighted by Gasteiger charge is -2.27. The van der Waals surface area contributed by atoms with Crippen molar-refractivity contribution in [2.24, 2.45) is 0 Å². The van der Waals surface area contributed by atoms with E-state index in [0.29, 0.717) is 0 Å². The molecule has 0 bridgehead atoms. The van der Waals surface area contributed by atoms with Crippen LogP contribution in [0.3, 0.4) is 0 Å². The first-order valence-corrected chi connectivity index (χ1v) is 8.72. The van der Waals surface area contributed by atoms with Crippen LogP contribution in [0, 0.1) is 0 Å². The maximum atomic E-state index is 3.63. The van der Waals surface area contributed by atoms with Gasteiger partial charge in [0.15, 0.2) is 0 Å². The molecular formula is C23H18ClN3. The highest BCUT2D eigenvalue weighted by molar-refractivity contribution is 5.95. The largest absolute Gasteiger partial charge is 1.00 e. The van der Waals surface area contributed by atoms with Crippen LogP contribution in [0.25, 0.3) is 22.7 Å². The molecule has 0 saturated heterocycles. The molecule has 2 heterocycles. The van der Waals surface area contributed by atoms with Crippen molar-refractivity contribution in [1.29, 1.82) is 0 Å². The molecule has 1 N–H and O–H groups in total. The van der Waals surface area contributed by atoms with E-state index in [4.69, 9.17) is 0 Å². The number of hydrogen-bond donors (Lipinski definition) is 1. The van der Waals surface area contributed by atoms with E-state index >= 15 is 0 Å². The van der Waals surface area contributed by atoms with Gasteiger partial charge < -0.3 is 12.4 Å². The number of hydrazine groups is 1. The summed E-state index contributed by atoms with van der Waals surface area (Å²) < 4.78 is 2.16. The quantitative estimate of drug-likeness (QED) is 0.543. The Morgan fingerprint density at radius 3 is 2.15 bits per heavy atom. The van der Waals surface area contributed by atoms with Crippen molar-refractivity contribution in [3.05, 3.63) is 103 Å². The van der Waals surface area contributed by atoms with Crippen LogP contribution in [0.4, 0.5) is 11.5 Å². The summed E-state index contributed by atoms with van der Waals surface area (Å²) in [6.07, 6.45) is 4.29. The molecule has 5 rings (SSSR count). The topological polar surface area (TPSA) is 19.1 Å². The molecule has 0 amide bonds. The summed E-state index contributed by atoms with van der Waals surface area (Å²) in [4.78, 5) is 0. The maximum absolute atomic E-state index is 3.63. The molecule has 1 aliphatic heterocycles.